The number of rotatable bonds is 5. The van der Waals surface area contributed by atoms with Crippen molar-refractivity contribution in [3.05, 3.63) is 47.7 Å². The molecule has 2 aliphatic rings. The van der Waals surface area contributed by atoms with Crippen LogP contribution >= 0.6 is 0 Å². The van der Waals surface area contributed by atoms with Crippen LogP contribution in [0.3, 0.4) is 0 Å². The van der Waals surface area contributed by atoms with Crippen LogP contribution in [0.25, 0.3) is 10.9 Å². The summed E-state index contributed by atoms with van der Waals surface area (Å²) in [6, 6.07) is 8.64. The van der Waals surface area contributed by atoms with Gasteiger partial charge in [-0.2, -0.15) is 0 Å². The number of amides is 1. The molecule has 4 rings (SSSR count). The van der Waals surface area contributed by atoms with Crippen LogP contribution in [0, 0.1) is 0 Å². The first-order chi connectivity index (χ1) is 14.2. The summed E-state index contributed by atoms with van der Waals surface area (Å²) in [6.07, 6.45) is 15.2. The van der Waals surface area contributed by atoms with Gasteiger partial charge in [-0.1, -0.05) is 42.7 Å². The Balaban J connectivity index is 1.25. The van der Waals surface area contributed by atoms with Crippen molar-refractivity contribution >= 4 is 16.8 Å². The first-order valence-electron chi connectivity index (χ1n) is 11.4. The van der Waals surface area contributed by atoms with Gasteiger partial charge >= 0.3 is 0 Å². The van der Waals surface area contributed by atoms with Gasteiger partial charge in [-0.25, -0.2) is 0 Å². The number of benzene rings is 1. The standard InChI is InChI=1S/C25H35N3O/c1-27-19-21(23-11-7-8-12-24(23)27)17-25(29)26-22-13-15-28(16-14-22)18-20-9-5-3-2-4-6-10-20/h7-9,11-12,19,22H,2-6,10,13-18H2,1H3,(H,26,29)/b20-9+. The Morgan fingerprint density at radius 3 is 2.76 bits per heavy atom. The Bertz CT molecular complexity index is 858. The number of para-hydroxylation sites is 1. The minimum atomic E-state index is 0.155. The van der Waals surface area contributed by atoms with Crippen molar-refractivity contribution in [2.24, 2.45) is 7.05 Å². The number of carbonyl (C=O) groups excluding carboxylic acids is 1. The normalized spacial score (nSPS) is 21.3. The fraction of sp³-hybridized carbons (Fsp3) is 0.560. The smallest absolute Gasteiger partial charge is 0.224 e. The van der Waals surface area contributed by atoms with E-state index in [9.17, 15) is 4.79 Å². The molecular formula is C25H35N3O. The van der Waals surface area contributed by atoms with Crippen LogP contribution in [0.5, 0.6) is 0 Å². The van der Waals surface area contributed by atoms with E-state index >= 15 is 0 Å². The van der Waals surface area contributed by atoms with Crippen LogP contribution in [-0.2, 0) is 18.3 Å². The molecule has 0 saturated carbocycles. The van der Waals surface area contributed by atoms with Gasteiger partial charge in [-0.05, 0) is 50.2 Å². The van der Waals surface area contributed by atoms with E-state index in [4.69, 9.17) is 0 Å². The van der Waals surface area contributed by atoms with E-state index in [1.807, 2.05) is 19.2 Å². The van der Waals surface area contributed by atoms with Gasteiger partial charge < -0.3 is 9.88 Å². The number of allylic oxidation sites excluding steroid dienone is 1. The van der Waals surface area contributed by atoms with Gasteiger partial charge in [0.05, 0.1) is 6.42 Å². The lowest BCUT2D eigenvalue weighted by molar-refractivity contribution is -0.121. The van der Waals surface area contributed by atoms with Crippen LogP contribution in [0.1, 0.15) is 56.9 Å². The predicted octanol–water partition coefficient (Wildman–Crippen LogP) is 4.58. The highest BCUT2D eigenvalue weighted by atomic mass is 16.1. The van der Waals surface area contributed by atoms with Gasteiger partial charge in [0.25, 0.3) is 0 Å². The van der Waals surface area contributed by atoms with E-state index in [0.717, 1.165) is 38.0 Å². The summed E-state index contributed by atoms with van der Waals surface area (Å²) in [4.78, 5) is 15.2. The lowest BCUT2D eigenvalue weighted by Gasteiger charge is -2.33. The molecule has 4 nitrogen and oxygen atoms in total. The largest absolute Gasteiger partial charge is 0.353 e. The molecule has 0 bridgehead atoms. The summed E-state index contributed by atoms with van der Waals surface area (Å²) < 4.78 is 2.11. The Morgan fingerprint density at radius 2 is 1.90 bits per heavy atom. The lowest BCUT2D eigenvalue weighted by atomic mass is 9.98. The van der Waals surface area contributed by atoms with Crippen molar-refractivity contribution in [2.45, 2.75) is 63.8 Å². The first-order valence-corrected chi connectivity index (χ1v) is 11.4. The molecule has 1 aromatic carbocycles. The van der Waals surface area contributed by atoms with E-state index in [-0.39, 0.29) is 5.91 Å². The highest BCUT2D eigenvalue weighted by molar-refractivity contribution is 5.89. The van der Waals surface area contributed by atoms with Crippen LogP contribution in [-0.4, -0.2) is 41.1 Å². The summed E-state index contributed by atoms with van der Waals surface area (Å²) >= 11 is 0. The number of hydrogen-bond acceptors (Lipinski definition) is 2. The van der Waals surface area contributed by atoms with Crippen LogP contribution in [0.4, 0.5) is 0 Å². The Morgan fingerprint density at radius 1 is 1.10 bits per heavy atom. The second-order valence-corrected chi connectivity index (χ2v) is 8.89. The molecule has 0 unspecified atom stereocenters. The molecule has 1 saturated heterocycles. The van der Waals surface area contributed by atoms with Gasteiger partial charge in [0.1, 0.15) is 0 Å². The zero-order valence-corrected chi connectivity index (χ0v) is 17.8. The molecule has 4 heteroatoms. The second kappa shape index (κ2) is 9.62. The maximum absolute atomic E-state index is 12.7. The number of carbonyl (C=O) groups is 1. The highest BCUT2D eigenvalue weighted by Crippen LogP contribution is 2.22. The van der Waals surface area contributed by atoms with Crippen molar-refractivity contribution in [1.82, 2.24) is 14.8 Å². The van der Waals surface area contributed by atoms with E-state index < -0.39 is 0 Å². The molecule has 1 amide bonds. The summed E-state index contributed by atoms with van der Waals surface area (Å²) in [7, 11) is 2.05. The highest BCUT2D eigenvalue weighted by Gasteiger charge is 2.22. The molecule has 156 valence electrons. The number of aryl methyl sites for hydroxylation is 1. The topological polar surface area (TPSA) is 37.3 Å². The maximum Gasteiger partial charge on any atom is 0.224 e. The quantitative estimate of drug-likeness (QED) is 0.755. The molecule has 1 aromatic heterocycles. The average molecular weight is 394 g/mol. The molecule has 1 aliphatic carbocycles. The third kappa shape index (κ3) is 5.30. The molecule has 0 radical (unpaired) electrons. The molecule has 2 heterocycles. The molecule has 0 atom stereocenters. The van der Waals surface area contributed by atoms with Gasteiger partial charge in [0.2, 0.25) is 5.91 Å². The zero-order chi connectivity index (χ0) is 20.1. The minimum absolute atomic E-state index is 0.155. The SMILES string of the molecule is Cn1cc(CC(=O)NC2CCN(C/C3=C/CCCCCC3)CC2)c2ccccc21. The molecule has 1 N–H and O–H groups in total. The lowest BCUT2D eigenvalue weighted by Crippen LogP contribution is -2.45. The number of nitrogens with one attached hydrogen (secondary N) is 1. The summed E-state index contributed by atoms with van der Waals surface area (Å²) in [6.45, 7) is 3.32. The van der Waals surface area contributed by atoms with Gasteiger partial charge in [-0.15, -0.1) is 0 Å². The van der Waals surface area contributed by atoms with E-state index in [1.54, 1.807) is 5.57 Å². The van der Waals surface area contributed by atoms with E-state index in [0.29, 0.717) is 12.5 Å². The van der Waals surface area contributed by atoms with Gasteiger partial charge in [-0.3, -0.25) is 9.69 Å². The minimum Gasteiger partial charge on any atom is -0.353 e. The van der Waals surface area contributed by atoms with Gasteiger partial charge in [0.15, 0.2) is 0 Å². The number of piperidine rings is 1. The Kier molecular flexibility index (Phi) is 6.70. The average Bonchev–Trinajstić information content (AvgIpc) is 3.01. The number of aromatic nitrogens is 1. The van der Waals surface area contributed by atoms with Gasteiger partial charge in [0, 0.05) is 49.8 Å². The fourth-order valence-corrected chi connectivity index (χ4v) is 4.94. The van der Waals surface area contributed by atoms with Crippen molar-refractivity contribution in [3.8, 4) is 0 Å². The summed E-state index contributed by atoms with van der Waals surface area (Å²) in [5.74, 6) is 0.155. The maximum atomic E-state index is 12.7. The molecule has 1 aliphatic heterocycles. The monoisotopic (exact) mass is 393 g/mol. The molecule has 29 heavy (non-hydrogen) atoms. The van der Waals surface area contributed by atoms with Crippen molar-refractivity contribution in [1.29, 1.82) is 0 Å². The first kappa shape index (κ1) is 20.2. The van der Waals surface area contributed by atoms with Crippen molar-refractivity contribution < 1.29 is 4.79 Å². The van der Waals surface area contributed by atoms with Crippen molar-refractivity contribution in [2.75, 3.05) is 19.6 Å². The third-order valence-corrected chi connectivity index (χ3v) is 6.59. The zero-order valence-electron chi connectivity index (χ0n) is 17.8. The number of likely N-dealkylation sites (tertiary alicyclic amines) is 1. The third-order valence-electron chi connectivity index (χ3n) is 6.59. The fourth-order valence-electron chi connectivity index (χ4n) is 4.94. The number of hydrogen-bond donors (Lipinski definition) is 1. The Hall–Kier alpha value is -2.07. The van der Waals surface area contributed by atoms with E-state index in [2.05, 4.69) is 39.2 Å². The Labute approximate surface area is 175 Å². The number of nitrogens with zero attached hydrogens (tertiary/aromatic N) is 2. The second-order valence-electron chi connectivity index (χ2n) is 8.89. The summed E-state index contributed by atoms with van der Waals surface area (Å²) in [5.41, 5.74) is 3.95. The molecule has 0 spiro atoms. The van der Waals surface area contributed by atoms with E-state index in [1.165, 1.54) is 49.4 Å². The molecule has 1 fully saturated rings. The predicted molar refractivity (Wildman–Crippen MR) is 120 cm³/mol. The number of fused-ring (bicyclic) bond motifs is 1. The molecular weight excluding hydrogens is 358 g/mol. The van der Waals surface area contributed by atoms with Crippen LogP contribution in [0.15, 0.2) is 42.1 Å². The van der Waals surface area contributed by atoms with Crippen LogP contribution in [0.2, 0.25) is 0 Å². The summed E-state index contributed by atoms with van der Waals surface area (Å²) in [5, 5.41) is 4.48. The van der Waals surface area contributed by atoms with Crippen molar-refractivity contribution in [3.63, 3.8) is 0 Å². The molecule has 2 aromatic rings. The van der Waals surface area contributed by atoms with Crippen LogP contribution < -0.4 is 5.32 Å².